The number of ether oxygens (including phenoxy) is 2. The molecule has 0 aliphatic rings. The van der Waals surface area contributed by atoms with Crippen LogP contribution < -0.4 is 9.47 Å². The van der Waals surface area contributed by atoms with Gasteiger partial charge in [0, 0.05) is 16.5 Å². The van der Waals surface area contributed by atoms with Gasteiger partial charge >= 0.3 is 0 Å². The fourth-order valence-corrected chi connectivity index (χ4v) is 2.19. The Labute approximate surface area is 131 Å². The Balaban J connectivity index is 2.28. The molecule has 0 saturated heterocycles. The molecule has 0 N–H and O–H groups in total. The average molecular weight is 327 g/mol. The van der Waals surface area contributed by atoms with Crippen molar-refractivity contribution >= 4 is 29.0 Å². The minimum atomic E-state index is -0.258. The van der Waals surface area contributed by atoms with E-state index in [1.165, 1.54) is 20.4 Å². The molecule has 0 fully saturated rings. The molecule has 0 saturated carbocycles. The molecular weight excluding hydrogens is 315 g/mol. The van der Waals surface area contributed by atoms with Crippen LogP contribution in [0, 0.1) is 0 Å². The number of nitrogens with zero attached hydrogens (tertiary/aromatic N) is 2. The van der Waals surface area contributed by atoms with Crippen LogP contribution in [0.5, 0.6) is 11.8 Å². The number of hydrogen-bond donors (Lipinski definition) is 0. The van der Waals surface area contributed by atoms with Crippen LogP contribution in [0.1, 0.15) is 16.1 Å². The number of rotatable bonds is 5. The van der Waals surface area contributed by atoms with Gasteiger partial charge < -0.3 is 9.47 Å². The number of carbonyl (C=O) groups excluding carboxylic acids is 1. The Bertz CT molecular complexity index is 677. The molecule has 1 aromatic heterocycles. The minimum Gasteiger partial charge on any atom is -0.480 e. The Morgan fingerprint density at radius 3 is 2.62 bits per heavy atom. The molecule has 0 atom stereocenters. The highest BCUT2D eigenvalue weighted by Crippen LogP contribution is 2.24. The lowest BCUT2D eigenvalue weighted by atomic mass is 10.1. The molecule has 0 radical (unpaired) electrons. The quantitative estimate of drug-likeness (QED) is 0.789. The fourth-order valence-electron chi connectivity index (χ4n) is 1.71. The van der Waals surface area contributed by atoms with E-state index in [2.05, 4.69) is 9.97 Å². The molecule has 1 heterocycles. The molecule has 0 spiro atoms. The predicted molar refractivity (Wildman–Crippen MR) is 79.6 cm³/mol. The normalized spacial score (nSPS) is 10.3. The van der Waals surface area contributed by atoms with Gasteiger partial charge in [0.25, 0.3) is 0 Å². The van der Waals surface area contributed by atoms with Gasteiger partial charge in [-0.3, -0.25) is 4.79 Å². The van der Waals surface area contributed by atoms with Crippen molar-refractivity contribution in [2.24, 2.45) is 0 Å². The summed E-state index contributed by atoms with van der Waals surface area (Å²) < 4.78 is 10.0. The standard InChI is InChI=1S/C14H12Cl2N2O3/c1-20-12-7-17-13(14(18-12)21-2)11(19)5-8-3-4-9(15)6-10(8)16/h3-4,6-7H,5H2,1-2H3. The van der Waals surface area contributed by atoms with Crippen molar-refractivity contribution in [3.05, 3.63) is 45.7 Å². The van der Waals surface area contributed by atoms with E-state index in [0.29, 0.717) is 15.6 Å². The van der Waals surface area contributed by atoms with Gasteiger partial charge in [0.1, 0.15) is 0 Å². The Morgan fingerprint density at radius 1 is 1.24 bits per heavy atom. The summed E-state index contributed by atoms with van der Waals surface area (Å²) in [6.07, 6.45) is 1.44. The summed E-state index contributed by atoms with van der Waals surface area (Å²) in [6.45, 7) is 0. The molecule has 21 heavy (non-hydrogen) atoms. The first-order valence-corrected chi connectivity index (χ1v) is 6.73. The highest BCUT2D eigenvalue weighted by atomic mass is 35.5. The monoisotopic (exact) mass is 326 g/mol. The second-order valence-corrected chi connectivity index (χ2v) is 4.95. The van der Waals surface area contributed by atoms with Gasteiger partial charge in [0.15, 0.2) is 11.5 Å². The number of carbonyl (C=O) groups is 1. The van der Waals surface area contributed by atoms with Crippen molar-refractivity contribution in [1.82, 2.24) is 9.97 Å². The van der Waals surface area contributed by atoms with Crippen LogP contribution in [0.3, 0.4) is 0 Å². The van der Waals surface area contributed by atoms with Crippen LogP contribution >= 0.6 is 23.2 Å². The molecule has 0 aliphatic heterocycles. The molecule has 0 bridgehead atoms. The maximum Gasteiger partial charge on any atom is 0.246 e. The van der Waals surface area contributed by atoms with E-state index in [4.69, 9.17) is 32.7 Å². The highest BCUT2D eigenvalue weighted by molar-refractivity contribution is 6.35. The molecule has 2 aromatic rings. The maximum absolute atomic E-state index is 12.3. The summed E-state index contributed by atoms with van der Waals surface area (Å²) in [5.74, 6) is 0.128. The van der Waals surface area contributed by atoms with Crippen LogP contribution in [0.2, 0.25) is 10.0 Å². The topological polar surface area (TPSA) is 61.3 Å². The SMILES string of the molecule is COc1cnc(C(=O)Cc2ccc(Cl)cc2Cl)c(OC)n1. The molecule has 0 unspecified atom stereocenters. The molecule has 0 amide bonds. The molecular formula is C14H12Cl2N2O3. The van der Waals surface area contributed by atoms with E-state index in [9.17, 15) is 4.79 Å². The Kier molecular flexibility index (Phi) is 4.98. The van der Waals surface area contributed by atoms with Crippen LogP contribution in [0.25, 0.3) is 0 Å². The molecule has 0 aliphatic carbocycles. The summed E-state index contributed by atoms with van der Waals surface area (Å²) in [5.41, 5.74) is 0.787. The van der Waals surface area contributed by atoms with E-state index < -0.39 is 0 Å². The summed E-state index contributed by atoms with van der Waals surface area (Å²) >= 11 is 11.9. The van der Waals surface area contributed by atoms with E-state index >= 15 is 0 Å². The van der Waals surface area contributed by atoms with Crippen molar-refractivity contribution in [1.29, 1.82) is 0 Å². The predicted octanol–water partition coefficient (Wildman–Crippen LogP) is 3.23. The molecule has 5 nitrogen and oxygen atoms in total. The maximum atomic E-state index is 12.3. The minimum absolute atomic E-state index is 0.0768. The summed E-state index contributed by atoms with van der Waals surface area (Å²) in [7, 11) is 2.87. The van der Waals surface area contributed by atoms with Crippen molar-refractivity contribution in [3.63, 3.8) is 0 Å². The molecule has 110 valence electrons. The number of benzene rings is 1. The smallest absolute Gasteiger partial charge is 0.246 e. The second-order valence-electron chi connectivity index (χ2n) is 4.11. The van der Waals surface area contributed by atoms with Crippen LogP contribution in [0.15, 0.2) is 24.4 Å². The third-order valence-corrected chi connectivity index (χ3v) is 3.34. The van der Waals surface area contributed by atoms with E-state index in [-0.39, 0.29) is 29.7 Å². The van der Waals surface area contributed by atoms with E-state index in [1.807, 2.05) is 0 Å². The van der Waals surface area contributed by atoms with Crippen molar-refractivity contribution in [3.8, 4) is 11.8 Å². The van der Waals surface area contributed by atoms with E-state index in [0.717, 1.165) is 0 Å². The zero-order chi connectivity index (χ0) is 15.4. The largest absolute Gasteiger partial charge is 0.480 e. The fraction of sp³-hybridized carbons (Fsp3) is 0.214. The molecule has 7 heteroatoms. The number of ketones is 1. The van der Waals surface area contributed by atoms with Gasteiger partial charge in [-0.1, -0.05) is 29.3 Å². The number of aromatic nitrogens is 2. The second kappa shape index (κ2) is 6.74. The molecule has 1 aromatic carbocycles. The third kappa shape index (κ3) is 3.62. The van der Waals surface area contributed by atoms with Crippen LogP contribution in [-0.2, 0) is 6.42 Å². The van der Waals surface area contributed by atoms with Gasteiger partial charge in [-0.15, -0.1) is 0 Å². The first kappa shape index (κ1) is 15.5. The van der Waals surface area contributed by atoms with Gasteiger partial charge in [-0.25, -0.2) is 4.98 Å². The summed E-state index contributed by atoms with van der Waals surface area (Å²) in [6, 6.07) is 4.96. The van der Waals surface area contributed by atoms with Crippen molar-refractivity contribution < 1.29 is 14.3 Å². The average Bonchev–Trinajstić information content (AvgIpc) is 2.49. The first-order chi connectivity index (χ1) is 10.0. The van der Waals surface area contributed by atoms with Crippen molar-refractivity contribution in [2.75, 3.05) is 14.2 Å². The lowest BCUT2D eigenvalue weighted by Gasteiger charge is -2.08. The zero-order valence-electron chi connectivity index (χ0n) is 11.4. The Hall–Kier alpha value is -1.85. The summed E-state index contributed by atoms with van der Waals surface area (Å²) in [4.78, 5) is 20.4. The van der Waals surface area contributed by atoms with Gasteiger partial charge in [0.05, 0.1) is 20.4 Å². The first-order valence-electron chi connectivity index (χ1n) is 5.97. The number of hydrogen-bond acceptors (Lipinski definition) is 5. The third-order valence-electron chi connectivity index (χ3n) is 2.75. The number of halogens is 2. The van der Waals surface area contributed by atoms with Crippen LogP contribution in [0.4, 0.5) is 0 Å². The van der Waals surface area contributed by atoms with Crippen LogP contribution in [-0.4, -0.2) is 30.0 Å². The summed E-state index contributed by atoms with van der Waals surface area (Å²) in [5, 5.41) is 0.939. The molecule has 2 rings (SSSR count). The Morgan fingerprint density at radius 2 is 2.00 bits per heavy atom. The lowest BCUT2D eigenvalue weighted by Crippen LogP contribution is -2.10. The highest BCUT2D eigenvalue weighted by Gasteiger charge is 2.18. The van der Waals surface area contributed by atoms with Gasteiger partial charge in [0.2, 0.25) is 11.8 Å². The lowest BCUT2D eigenvalue weighted by molar-refractivity contribution is 0.0984. The van der Waals surface area contributed by atoms with Gasteiger partial charge in [-0.05, 0) is 17.7 Å². The zero-order valence-corrected chi connectivity index (χ0v) is 12.9. The number of methoxy groups -OCH3 is 2. The number of Topliss-reactive ketones (excluding diaryl/α,β-unsaturated/α-hetero) is 1. The van der Waals surface area contributed by atoms with Crippen molar-refractivity contribution in [2.45, 2.75) is 6.42 Å². The van der Waals surface area contributed by atoms with Gasteiger partial charge in [-0.2, -0.15) is 4.98 Å². The van der Waals surface area contributed by atoms with E-state index in [1.54, 1.807) is 18.2 Å².